The Labute approximate surface area is 217 Å². The number of benzene rings is 1. The third-order valence-electron chi connectivity index (χ3n) is 6.76. The van der Waals surface area contributed by atoms with Crippen LogP contribution < -0.4 is 20.1 Å². The molecule has 0 spiro atoms. The van der Waals surface area contributed by atoms with Crippen LogP contribution in [-0.2, 0) is 0 Å². The molecule has 7 nitrogen and oxygen atoms in total. The van der Waals surface area contributed by atoms with Crippen molar-refractivity contribution in [3.05, 3.63) is 24.3 Å². The van der Waals surface area contributed by atoms with Crippen molar-refractivity contribution in [2.75, 3.05) is 60.0 Å². The maximum atomic E-state index is 6.07. The summed E-state index contributed by atoms with van der Waals surface area (Å²) in [6.07, 6.45) is 6.40. The Morgan fingerprint density at radius 2 is 1.79 bits per heavy atom. The Morgan fingerprint density at radius 3 is 2.45 bits per heavy atom. The van der Waals surface area contributed by atoms with Crippen LogP contribution in [0.1, 0.15) is 46.0 Å². The molecule has 0 aromatic heterocycles. The second kappa shape index (κ2) is 14.2. The summed E-state index contributed by atoms with van der Waals surface area (Å²) in [7, 11) is 3.91. The molecule has 2 N–H and O–H groups in total. The number of rotatable bonds is 9. The van der Waals surface area contributed by atoms with Crippen LogP contribution in [0.15, 0.2) is 29.3 Å². The van der Waals surface area contributed by atoms with E-state index in [1.165, 1.54) is 45.2 Å². The van der Waals surface area contributed by atoms with E-state index in [1.807, 2.05) is 24.3 Å². The molecule has 2 aliphatic heterocycles. The van der Waals surface area contributed by atoms with Gasteiger partial charge in [0.05, 0.1) is 20.2 Å². The molecular formula is C25H44IN5O2. The second-order valence-corrected chi connectivity index (χ2v) is 9.26. The summed E-state index contributed by atoms with van der Waals surface area (Å²) in [6, 6.07) is 7.74. The van der Waals surface area contributed by atoms with E-state index in [0.717, 1.165) is 43.6 Å². The normalized spacial score (nSPS) is 20.4. The van der Waals surface area contributed by atoms with Gasteiger partial charge in [0.15, 0.2) is 5.96 Å². The van der Waals surface area contributed by atoms with Crippen LogP contribution in [-0.4, -0.2) is 87.4 Å². The minimum absolute atomic E-state index is 0. The van der Waals surface area contributed by atoms with E-state index >= 15 is 0 Å². The summed E-state index contributed by atoms with van der Waals surface area (Å²) in [5, 5.41) is 6.91. The van der Waals surface area contributed by atoms with E-state index in [1.54, 1.807) is 7.11 Å². The lowest BCUT2D eigenvalue weighted by Crippen LogP contribution is -2.58. The van der Waals surface area contributed by atoms with Gasteiger partial charge in [-0.3, -0.25) is 9.89 Å². The maximum absolute atomic E-state index is 6.07. The number of ether oxygens (including phenoxy) is 2. The number of nitrogens with zero attached hydrogens (tertiary/aromatic N) is 3. The average Bonchev–Trinajstić information content (AvgIpc) is 2.83. The number of methoxy groups -OCH3 is 1. The first kappa shape index (κ1) is 28.0. The predicted molar refractivity (Wildman–Crippen MR) is 147 cm³/mol. The lowest BCUT2D eigenvalue weighted by atomic mass is 9.84. The van der Waals surface area contributed by atoms with Gasteiger partial charge in [-0.05, 0) is 84.9 Å². The minimum Gasteiger partial charge on any atom is -0.497 e. The van der Waals surface area contributed by atoms with E-state index in [0.29, 0.717) is 6.54 Å². The van der Waals surface area contributed by atoms with Crippen LogP contribution in [0, 0.1) is 0 Å². The molecule has 2 saturated heterocycles. The van der Waals surface area contributed by atoms with Crippen molar-refractivity contribution >= 4 is 29.9 Å². The smallest absolute Gasteiger partial charge is 0.191 e. The number of aliphatic imine (C=N–C) groups is 1. The molecule has 2 heterocycles. The summed E-state index contributed by atoms with van der Waals surface area (Å²) in [4.78, 5) is 10.3. The summed E-state index contributed by atoms with van der Waals surface area (Å²) in [5.74, 6) is 2.50. The van der Waals surface area contributed by atoms with Gasteiger partial charge < -0.3 is 25.0 Å². The van der Waals surface area contributed by atoms with Crippen molar-refractivity contribution in [2.45, 2.75) is 57.6 Å². The molecule has 188 valence electrons. The SMILES string of the molecule is CCNC(=NCC1(N2CCCCC2)CCN(C)CC1)NCC(C)Oc1cccc(OC)c1.I. The van der Waals surface area contributed by atoms with Crippen molar-refractivity contribution in [3.63, 3.8) is 0 Å². The molecule has 0 radical (unpaired) electrons. The van der Waals surface area contributed by atoms with E-state index < -0.39 is 0 Å². The van der Waals surface area contributed by atoms with Crippen molar-refractivity contribution < 1.29 is 9.47 Å². The number of likely N-dealkylation sites (tertiary alicyclic amines) is 2. The van der Waals surface area contributed by atoms with Gasteiger partial charge in [-0.15, -0.1) is 24.0 Å². The highest BCUT2D eigenvalue weighted by molar-refractivity contribution is 14.0. The van der Waals surface area contributed by atoms with Crippen LogP contribution in [0.5, 0.6) is 11.5 Å². The molecule has 1 aromatic rings. The van der Waals surface area contributed by atoms with Crippen molar-refractivity contribution in [1.29, 1.82) is 0 Å². The highest BCUT2D eigenvalue weighted by Crippen LogP contribution is 2.31. The first-order chi connectivity index (χ1) is 15.5. The largest absolute Gasteiger partial charge is 0.497 e. The van der Waals surface area contributed by atoms with E-state index in [4.69, 9.17) is 14.5 Å². The Bertz CT molecular complexity index is 719. The van der Waals surface area contributed by atoms with Gasteiger partial charge in [0.1, 0.15) is 17.6 Å². The van der Waals surface area contributed by atoms with Crippen molar-refractivity contribution in [2.24, 2.45) is 4.99 Å². The highest BCUT2D eigenvalue weighted by atomic mass is 127. The molecule has 2 fully saturated rings. The van der Waals surface area contributed by atoms with Crippen molar-refractivity contribution in [3.8, 4) is 11.5 Å². The van der Waals surface area contributed by atoms with Crippen LogP contribution >= 0.6 is 24.0 Å². The zero-order valence-corrected chi connectivity index (χ0v) is 23.3. The van der Waals surface area contributed by atoms with E-state index in [9.17, 15) is 0 Å². The van der Waals surface area contributed by atoms with E-state index in [2.05, 4.69) is 41.3 Å². The molecule has 0 aliphatic carbocycles. The number of halogens is 1. The third-order valence-corrected chi connectivity index (χ3v) is 6.76. The zero-order chi connectivity index (χ0) is 22.8. The molecule has 0 bridgehead atoms. The van der Waals surface area contributed by atoms with E-state index in [-0.39, 0.29) is 35.6 Å². The van der Waals surface area contributed by atoms with Gasteiger partial charge in [0, 0.05) is 18.2 Å². The van der Waals surface area contributed by atoms with Crippen LogP contribution in [0.4, 0.5) is 0 Å². The molecule has 1 unspecified atom stereocenters. The topological polar surface area (TPSA) is 61.4 Å². The first-order valence-corrected chi connectivity index (χ1v) is 12.3. The fourth-order valence-electron chi connectivity index (χ4n) is 4.73. The average molecular weight is 574 g/mol. The highest BCUT2D eigenvalue weighted by Gasteiger charge is 2.39. The predicted octanol–water partition coefficient (Wildman–Crippen LogP) is 3.59. The summed E-state index contributed by atoms with van der Waals surface area (Å²) in [6.45, 7) is 11.3. The fraction of sp³-hybridized carbons (Fsp3) is 0.720. The second-order valence-electron chi connectivity index (χ2n) is 9.26. The first-order valence-electron chi connectivity index (χ1n) is 12.3. The standard InChI is InChI=1S/C25H43N5O2.HI/c1-5-26-24(27-19-21(2)32-23-11-9-10-22(18-23)31-4)28-20-25(12-16-29(3)17-13-25)30-14-7-6-8-15-30;/h9-11,18,21H,5-8,12-17,19-20H2,1-4H3,(H2,26,27,28);1H. The number of nitrogens with one attached hydrogen (secondary N) is 2. The van der Waals surface area contributed by atoms with Gasteiger partial charge in [-0.2, -0.15) is 0 Å². The zero-order valence-electron chi connectivity index (χ0n) is 20.9. The number of hydrogen-bond donors (Lipinski definition) is 2. The Morgan fingerprint density at radius 1 is 1.09 bits per heavy atom. The van der Waals surface area contributed by atoms with Gasteiger partial charge in [-0.25, -0.2) is 0 Å². The van der Waals surface area contributed by atoms with Crippen LogP contribution in [0.3, 0.4) is 0 Å². The molecule has 2 aliphatic rings. The molecule has 1 atom stereocenters. The minimum atomic E-state index is 0. The lowest BCUT2D eigenvalue weighted by molar-refractivity contribution is 0.0208. The summed E-state index contributed by atoms with van der Waals surface area (Å²) in [5.41, 5.74) is 0.192. The van der Waals surface area contributed by atoms with Crippen LogP contribution in [0.25, 0.3) is 0 Å². The van der Waals surface area contributed by atoms with Gasteiger partial charge in [0.2, 0.25) is 0 Å². The Kier molecular flexibility index (Phi) is 12.0. The molecule has 33 heavy (non-hydrogen) atoms. The number of hydrogen-bond acceptors (Lipinski definition) is 5. The van der Waals surface area contributed by atoms with Gasteiger partial charge in [-0.1, -0.05) is 12.5 Å². The molecular weight excluding hydrogens is 529 g/mol. The molecule has 0 amide bonds. The number of piperidine rings is 2. The Balaban J connectivity index is 0.00000385. The monoisotopic (exact) mass is 573 g/mol. The lowest BCUT2D eigenvalue weighted by Gasteiger charge is -2.49. The molecule has 1 aromatic carbocycles. The van der Waals surface area contributed by atoms with Gasteiger partial charge in [0.25, 0.3) is 0 Å². The Hall–Kier alpha value is -1.26. The number of guanidine groups is 1. The summed E-state index contributed by atoms with van der Waals surface area (Å²) < 4.78 is 11.4. The quantitative estimate of drug-likeness (QED) is 0.268. The van der Waals surface area contributed by atoms with Gasteiger partial charge >= 0.3 is 0 Å². The fourth-order valence-corrected chi connectivity index (χ4v) is 4.73. The molecule has 3 rings (SSSR count). The summed E-state index contributed by atoms with van der Waals surface area (Å²) >= 11 is 0. The maximum Gasteiger partial charge on any atom is 0.191 e. The molecule has 8 heteroatoms. The third kappa shape index (κ3) is 8.47. The van der Waals surface area contributed by atoms with Crippen molar-refractivity contribution in [1.82, 2.24) is 20.4 Å². The molecule has 0 saturated carbocycles. The van der Waals surface area contributed by atoms with Crippen LogP contribution in [0.2, 0.25) is 0 Å².